The average Bonchev–Trinajstić information content (AvgIpc) is 3.77. The zero-order valence-electron chi connectivity index (χ0n) is 47.2. The number of allylic oxidation sites excluding steroid dienone is 2. The molecule has 7 aliphatic rings. The van der Waals surface area contributed by atoms with Crippen LogP contribution in [0.5, 0.6) is 11.5 Å². The van der Waals surface area contributed by atoms with Crippen LogP contribution in [0.25, 0.3) is 0 Å². The van der Waals surface area contributed by atoms with Crippen LogP contribution in [0.15, 0.2) is 108 Å². The molecule has 0 amide bonds. The minimum absolute atomic E-state index is 0.0317. The number of methoxy groups -OCH3 is 2. The fraction of sp³-hybridized carbons (Fsp3) is 0.607. The summed E-state index contributed by atoms with van der Waals surface area (Å²) in [5, 5.41) is 43.8. The molecule has 6 aliphatic heterocycles. The molecule has 1 spiro atoms. The Labute approximate surface area is 464 Å². The van der Waals surface area contributed by atoms with Crippen molar-refractivity contribution in [2.75, 3.05) is 26.6 Å². The Morgan fingerprint density at radius 2 is 1.58 bits per heavy atom. The lowest BCUT2D eigenvalue weighted by atomic mass is 9.71. The van der Waals surface area contributed by atoms with Crippen molar-refractivity contribution >= 4 is 17.6 Å². The number of aromatic hydroxyl groups is 1. The molecule has 2 bridgehead atoms. The quantitative estimate of drug-likeness (QED) is 0.0667. The van der Waals surface area contributed by atoms with Gasteiger partial charge in [0.05, 0.1) is 49.3 Å². The second-order valence-corrected chi connectivity index (χ2v) is 22.4. The number of hydrogen-bond acceptors (Lipinski definition) is 18. The molecule has 2 aromatic carbocycles. The third-order valence-electron chi connectivity index (χ3n) is 16.7. The number of fused-ring (bicyclic) bond motifs is 2. The number of ether oxygens (including phenoxy) is 11. The average molecular weight is 1100 g/mol. The summed E-state index contributed by atoms with van der Waals surface area (Å²) >= 11 is 0. The third-order valence-corrected chi connectivity index (χ3v) is 16.7. The Bertz CT molecular complexity index is 2570. The number of nitrogens with two attached hydrogens (primary N) is 1. The lowest BCUT2D eigenvalue weighted by Crippen LogP contribution is -2.58. The first-order valence-corrected chi connectivity index (χ1v) is 27.9. The van der Waals surface area contributed by atoms with Crippen LogP contribution >= 0.6 is 0 Å². The summed E-state index contributed by atoms with van der Waals surface area (Å²) in [6.45, 7) is 16.1. The van der Waals surface area contributed by atoms with Crippen LogP contribution in [0.2, 0.25) is 0 Å². The first kappa shape index (κ1) is 60.3. The maximum Gasteiger partial charge on any atom is 0.347 e. The van der Waals surface area contributed by atoms with E-state index in [-0.39, 0.29) is 54.0 Å². The van der Waals surface area contributed by atoms with Gasteiger partial charge in [0.1, 0.15) is 59.1 Å². The maximum absolute atomic E-state index is 14.3. The lowest BCUT2D eigenvalue weighted by Gasteiger charge is -2.48. The van der Waals surface area contributed by atoms with Gasteiger partial charge in [-0.1, -0.05) is 88.8 Å². The molecule has 1 aliphatic carbocycles. The Hall–Kier alpha value is -4.80. The van der Waals surface area contributed by atoms with E-state index in [4.69, 9.17) is 57.8 Å². The van der Waals surface area contributed by atoms with Gasteiger partial charge in [-0.15, -0.1) is 0 Å². The highest BCUT2D eigenvalue weighted by Crippen LogP contribution is 2.47. The Balaban J connectivity index is 0.000000410. The molecule has 0 saturated carbocycles. The molecule has 6 heterocycles. The van der Waals surface area contributed by atoms with E-state index >= 15 is 0 Å². The predicted octanol–water partition coefficient (Wildman–Crippen LogP) is 7.57. The van der Waals surface area contributed by atoms with Crippen molar-refractivity contribution in [2.45, 2.75) is 191 Å². The zero-order chi connectivity index (χ0) is 56.9. The van der Waals surface area contributed by atoms with Crippen LogP contribution in [-0.2, 0) is 52.2 Å². The monoisotopic (exact) mass is 1100 g/mol. The molecule has 18 nitrogen and oxygen atoms in total. The van der Waals surface area contributed by atoms with E-state index in [1.165, 1.54) is 18.2 Å². The van der Waals surface area contributed by atoms with E-state index in [1.54, 1.807) is 64.5 Å². The minimum atomic E-state index is -1.84. The largest absolute Gasteiger partial charge is 0.507 e. The van der Waals surface area contributed by atoms with Crippen molar-refractivity contribution in [1.82, 2.24) is 0 Å². The normalized spacial score (nSPS) is 39.0. The number of carbonyl (C=O) groups excluding carboxylic acids is 2. The summed E-state index contributed by atoms with van der Waals surface area (Å²) in [5.74, 6) is -2.94. The van der Waals surface area contributed by atoms with E-state index in [1.807, 2.05) is 38.1 Å². The smallest absolute Gasteiger partial charge is 0.347 e. The molecule has 434 valence electrons. The maximum atomic E-state index is 14.3. The summed E-state index contributed by atoms with van der Waals surface area (Å²) in [6.07, 6.45) is 8.55. The first-order valence-electron chi connectivity index (χ1n) is 27.9. The summed E-state index contributed by atoms with van der Waals surface area (Å²) < 4.78 is 68.7. The fourth-order valence-corrected chi connectivity index (χ4v) is 11.9. The molecule has 20 atom stereocenters. The van der Waals surface area contributed by atoms with Crippen molar-refractivity contribution in [2.24, 2.45) is 23.7 Å². The molecule has 2 aromatic rings. The second kappa shape index (κ2) is 26.0. The van der Waals surface area contributed by atoms with Crippen LogP contribution in [-0.4, -0.2) is 150 Å². The number of rotatable bonds is 10. The molecule has 9 rings (SSSR count). The summed E-state index contributed by atoms with van der Waals surface area (Å²) in [6, 6.07) is 12.9. The minimum Gasteiger partial charge on any atom is -0.507 e. The highest BCUT2D eigenvalue weighted by atomic mass is 16.7. The van der Waals surface area contributed by atoms with Crippen molar-refractivity contribution < 1.29 is 82.1 Å². The molecule has 20 unspecified atom stereocenters. The lowest BCUT2D eigenvalue weighted by molar-refractivity contribution is -0.318. The van der Waals surface area contributed by atoms with Crippen molar-refractivity contribution in [1.29, 1.82) is 0 Å². The number of phenolic OH excluding ortho intramolecular Hbond substituents is 1. The van der Waals surface area contributed by atoms with Gasteiger partial charge in [-0.25, -0.2) is 4.79 Å². The number of para-hydroxylation sites is 1. The number of carbonyl (C=O) groups is 2. The van der Waals surface area contributed by atoms with Crippen molar-refractivity contribution in [3.63, 3.8) is 0 Å². The van der Waals surface area contributed by atoms with Gasteiger partial charge in [0.15, 0.2) is 18.4 Å². The second-order valence-electron chi connectivity index (χ2n) is 22.4. The van der Waals surface area contributed by atoms with E-state index in [0.29, 0.717) is 54.7 Å². The van der Waals surface area contributed by atoms with Crippen LogP contribution in [0.1, 0.15) is 104 Å². The molecule has 6 N–H and O–H groups in total. The topological polar surface area (TPSA) is 243 Å². The third kappa shape index (κ3) is 13.6. The summed E-state index contributed by atoms with van der Waals surface area (Å²) in [4.78, 5) is 26.1. The molecule has 0 aromatic heterocycles. The van der Waals surface area contributed by atoms with Gasteiger partial charge in [-0.2, -0.15) is 0 Å². The molecular weight excluding hydrogens is 1020 g/mol. The Kier molecular flexibility index (Phi) is 19.8. The number of aliphatic hydroxyl groups excluding tert-OH is 2. The van der Waals surface area contributed by atoms with Crippen LogP contribution in [0.4, 0.5) is 5.69 Å². The van der Waals surface area contributed by atoms with E-state index in [0.717, 1.165) is 12.0 Å². The van der Waals surface area contributed by atoms with Crippen molar-refractivity contribution in [3.05, 3.63) is 113 Å². The van der Waals surface area contributed by atoms with E-state index < -0.39 is 96.8 Å². The van der Waals surface area contributed by atoms with Gasteiger partial charge in [0, 0.05) is 63.5 Å². The number of nitrogen functional groups attached to an aromatic ring is 1. The summed E-state index contributed by atoms with van der Waals surface area (Å²) in [7, 11) is 3.22. The Morgan fingerprint density at radius 3 is 2.29 bits per heavy atom. The standard InChI is InChI=1S/C48H72O14.C13H11NO3/c1-11-25(2)43-28(5)17-18-47(62-43)23-34-20-33(61-47)16-15-27(4)42(26(3)13-12-14-32-24-55-45-40(49)29(6)19-35(46(51)58-34)48(32,45)52)59-39-22-37(54-10)44(31(8)57-39)60-38-21-36(53-9)41(50)30(7)56-38;14-9-6-7-11(12(15)8-9)13(16)17-10-4-2-1-3-5-10/h12-15,17-19,25-26,28,30-31,33-45,49-50,52H,11,16,20-24H2,1-10H3;1-8,15H,14H2. The molecule has 79 heavy (non-hydrogen) atoms. The zero-order valence-corrected chi connectivity index (χ0v) is 47.2. The van der Waals surface area contributed by atoms with Gasteiger partial charge in [-0.05, 0) is 87.1 Å². The van der Waals surface area contributed by atoms with Crippen LogP contribution in [0.3, 0.4) is 0 Å². The number of esters is 2. The molecule has 4 fully saturated rings. The number of aliphatic hydroxyl groups is 3. The highest BCUT2D eigenvalue weighted by molar-refractivity contribution is 5.94. The number of phenols is 1. The van der Waals surface area contributed by atoms with E-state index in [2.05, 4.69) is 39.8 Å². The van der Waals surface area contributed by atoms with Gasteiger partial charge >= 0.3 is 11.9 Å². The fourth-order valence-electron chi connectivity index (χ4n) is 11.9. The van der Waals surface area contributed by atoms with Crippen LogP contribution in [0, 0.1) is 23.7 Å². The first-order chi connectivity index (χ1) is 37.7. The molecule has 0 radical (unpaired) electrons. The predicted molar refractivity (Wildman–Crippen MR) is 291 cm³/mol. The van der Waals surface area contributed by atoms with Gasteiger partial charge in [0.25, 0.3) is 0 Å². The van der Waals surface area contributed by atoms with Crippen molar-refractivity contribution in [3.8, 4) is 11.5 Å². The van der Waals surface area contributed by atoms with Gasteiger partial charge in [0.2, 0.25) is 0 Å². The summed E-state index contributed by atoms with van der Waals surface area (Å²) in [5.41, 5.74) is 6.08. The SMILES string of the molecule is CCC(C)C1OC2(C=CC1C)CC1CC(CC=C(C)C(OC3CC(OC)C(OC4CC(OC)C(O)C(C)O4)C(C)O3)C(C)C=CC=C3COC4C(O)C(C)=CC(C(=O)O1)C34O)O2.Nc1ccc(C(=O)Oc2ccccc2)c(O)c1. The number of benzene rings is 2. The highest BCUT2D eigenvalue weighted by Gasteiger charge is 2.60. The molecular formula is C61H83NO17. The Morgan fingerprint density at radius 1 is 0.873 bits per heavy atom. The van der Waals surface area contributed by atoms with E-state index in [9.17, 15) is 30.0 Å². The molecule has 4 saturated heterocycles. The van der Waals surface area contributed by atoms with Gasteiger partial charge < -0.3 is 78.3 Å². The van der Waals surface area contributed by atoms with Crippen LogP contribution < -0.4 is 10.5 Å². The van der Waals surface area contributed by atoms with Gasteiger partial charge in [-0.3, -0.25) is 4.79 Å². The number of hydrogen-bond donors (Lipinski definition) is 5. The number of anilines is 1. The molecule has 18 heteroatoms.